The fourth-order valence-electron chi connectivity index (χ4n) is 1.51. The van der Waals surface area contributed by atoms with Crippen LogP contribution < -0.4 is 4.74 Å². The van der Waals surface area contributed by atoms with Crippen LogP contribution in [0.5, 0.6) is 5.75 Å². The maximum atomic E-state index is 10.5. The Bertz CT molecular complexity index is 559. The van der Waals surface area contributed by atoms with E-state index in [-0.39, 0.29) is 11.8 Å². The molecule has 5 nitrogen and oxygen atoms in total. The van der Waals surface area contributed by atoms with E-state index >= 15 is 0 Å². The topological polar surface area (TPSA) is 61.6 Å². The van der Waals surface area contributed by atoms with Crippen LogP contribution in [-0.4, -0.2) is 26.4 Å². The summed E-state index contributed by atoms with van der Waals surface area (Å²) in [6, 6.07) is 4.21. The molecule has 0 N–H and O–H groups in total. The monoisotopic (exact) mass is 363 g/mol. The molecule has 0 bridgehead atoms. The van der Waals surface area contributed by atoms with Gasteiger partial charge in [-0.15, -0.1) is 0 Å². The molecule has 1 aromatic rings. The van der Waals surface area contributed by atoms with Crippen LogP contribution in [0.1, 0.15) is 5.56 Å². The third-order valence-corrected chi connectivity index (χ3v) is 5.27. The van der Waals surface area contributed by atoms with Crippen molar-refractivity contribution >= 4 is 37.4 Å². The first-order chi connectivity index (χ1) is 10.2. The molecule has 0 atom stereocenters. The molecular formula is C14H19Cl2NO4Si. The van der Waals surface area contributed by atoms with Gasteiger partial charge in [-0.2, -0.15) is 0 Å². The average molecular weight is 364 g/mol. The van der Waals surface area contributed by atoms with Crippen LogP contribution in [0.25, 0.3) is 6.08 Å². The van der Waals surface area contributed by atoms with Crippen molar-refractivity contribution in [1.29, 1.82) is 0 Å². The Hall–Kier alpha value is -1.08. The van der Waals surface area contributed by atoms with Crippen molar-refractivity contribution in [3.8, 4) is 5.75 Å². The van der Waals surface area contributed by atoms with Gasteiger partial charge >= 0.3 is 0 Å². The van der Waals surface area contributed by atoms with Gasteiger partial charge < -0.3 is 9.47 Å². The first-order valence-electron chi connectivity index (χ1n) is 6.71. The molecule has 1 rings (SSSR count). The molecule has 0 fully saturated rings. The van der Waals surface area contributed by atoms with Crippen molar-refractivity contribution < 1.29 is 14.4 Å². The normalized spacial score (nSPS) is 11.9. The fraction of sp³-hybridized carbons (Fsp3) is 0.429. The third-order valence-electron chi connectivity index (χ3n) is 2.75. The smallest absolute Gasteiger partial charge is 0.235 e. The summed E-state index contributed by atoms with van der Waals surface area (Å²) in [6.07, 6.45) is 2.04. The van der Waals surface area contributed by atoms with Gasteiger partial charge in [0.2, 0.25) is 6.20 Å². The number of hydrogen-bond acceptors (Lipinski definition) is 4. The minimum atomic E-state index is -1.14. The minimum absolute atomic E-state index is 0.0573. The van der Waals surface area contributed by atoms with Crippen LogP contribution in [0.3, 0.4) is 0 Å². The molecule has 0 aliphatic heterocycles. The highest BCUT2D eigenvalue weighted by molar-refractivity contribution is 6.76. The third kappa shape index (κ3) is 6.78. The van der Waals surface area contributed by atoms with E-state index in [1.165, 1.54) is 6.08 Å². The number of nitro groups is 1. The van der Waals surface area contributed by atoms with E-state index in [2.05, 4.69) is 19.6 Å². The van der Waals surface area contributed by atoms with Crippen molar-refractivity contribution in [1.82, 2.24) is 0 Å². The molecule has 0 saturated heterocycles. The Morgan fingerprint density at radius 2 is 2.00 bits per heavy atom. The Kier molecular flexibility index (Phi) is 7.35. The zero-order valence-corrected chi connectivity index (χ0v) is 15.3. The van der Waals surface area contributed by atoms with Crippen LogP contribution in [0.2, 0.25) is 35.7 Å². The number of halogens is 2. The average Bonchev–Trinajstić information content (AvgIpc) is 2.40. The summed E-state index contributed by atoms with van der Waals surface area (Å²) < 4.78 is 10.9. The van der Waals surface area contributed by atoms with E-state index in [1.807, 2.05) is 0 Å². The van der Waals surface area contributed by atoms with Gasteiger partial charge in [-0.25, -0.2) is 0 Å². The van der Waals surface area contributed by atoms with Gasteiger partial charge in [0.1, 0.15) is 5.75 Å². The highest BCUT2D eigenvalue weighted by Gasteiger charge is 2.13. The number of benzene rings is 1. The molecule has 0 amide bonds. The lowest BCUT2D eigenvalue weighted by Gasteiger charge is -2.16. The summed E-state index contributed by atoms with van der Waals surface area (Å²) in [5, 5.41) is 11.0. The van der Waals surface area contributed by atoms with Crippen molar-refractivity contribution in [2.24, 2.45) is 0 Å². The molecule has 0 unspecified atom stereocenters. The second-order valence-corrected chi connectivity index (χ2v) is 12.3. The van der Waals surface area contributed by atoms with E-state index in [0.29, 0.717) is 22.9 Å². The fourth-order valence-corrected chi connectivity index (χ4v) is 2.65. The van der Waals surface area contributed by atoms with E-state index < -0.39 is 13.0 Å². The Labute approximate surface area is 141 Å². The van der Waals surface area contributed by atoms with Crippen LogP contribution in [0.4, 0.5) is 0 Å². The molecule has 0 heterocycles. The number of rotatable bonds is 8. The molecule has 0 aromatic heterocycles. The summed E-state index contributed by atoms with van der Waals surface area (Å²) >= 11 is 12.0. The molecule has 0 aliphatic rings. The molecule has 0 radical (unpaired) electrons. The zero-order valence-electron chi connectivity index (χ0n) is 12.8. The van der Waals surface area contributed by atoms with Gasteiger partial charge in [0.15, 0.2) is 6.79 Å². The Morgan fingerprint density at radius 3 is 2.59 bits per heavy atom. The lowest BCUT2D eigenvalue weighted by Crippen LogP contribution is -2.22. The summed E-state index contributed by atoms with van der Waals surface area (Å²) in [6.45, 7) is 7.46. The lowest BCUT2D eigenvalue weighted by molar-refractivity contribution is -0.400. The summed E-state index contributed by atoms with van der Waals surface area (Å²) in [4.78, 5) is 9.88. The van der Waals surface area contributed by atoms with Gasteiger partial charge in [-0.3, -0.25) is 10.1 Å². The summed E-state index contributed by atoms with van der Waals surface area (Å²) in [5.41, 5.74) is 0.361. The largest absolute Gasteiger partial charge is 0.467 e. The summed E-state index contributed by atoms with van der Waals surface area (Å²) in [7, 11) is -1.14. The number of ether oxygens (including phenoxy) is 2. The molecule has 8 heteroatoms. The first-order valence-corrected chi connectivity index (χ1v) is 11.2. The van der Waals surface area contributed by atoms with Crippen LogP contribution in [-0.2, 0) is 4.74 Å². The number of hydrogen-bond donors (Lipinski definition) is 0. The van der Waals surface area contributed by atoms with Crippen LogP contribution in [0.15, 0.2) is 18.3 Å². The predicted molar refractivity (Wildman–Crippen MR) is 92.1 cm³/mol. The van der Waals surface area contributed by atoms with E-state index in [0.717, 1.165) is 12.2 Å². The van der Waals surface area contributed by atoms with Crippen LogP contribution in [0, 0.1) is 10.1 Å². The number of nitrogens with zero attached hydrogens (tertiary/aromatic N) is 1. The first kappa shape index (κ1) is 19.0. The van der Waals surface area contributed by atoms with Gasteiger partial charge in [0.25, 0.3) is 0 Å². The maximum absolute atomic E-state index is 10.5. The van der Waals surface area contributed by atoms with E-state index in [9.17, 15) is 10.1 Å². The molecular weight excluding hydrogens is 345 g/mol. The van der Waals surface area contributed by atoms with Crippen molar-refractivity contribution in [3.05, 3.63) is 44.1 Å². The van der Waals surface area contributed by atoms with E-state index in [1.54, 1.807) is 12.1 Å². The Balaban J connectivity index is 2.70. The quantitative estimate of drug-likeness (QED) is 0.216. The zero-order chi connectivity index (χ0) is 16.8. The standard InChI is InChI=1S/C14H19Cl2NO4Si/c1-22(2,3)9-8-20-10-21-13-5-4-12(15)14(16)11(13)6-7-17(18)19/h4-7H,8-10H2,1-3H3/b7-6+. The molecule has 0 saturated carbocycles. The SMILES string of the molecule is C[Si](C)(C)CCOCOc1ccc(Cl)c(Cl)c1/C=C/[N+](=O)[O-]. The van der Waals surface area contributed by atoms with Crippen molar-refractivity contribution in [2.45, 2.75) is 25.7 Å². The molecule has 0 aliphatic carbocycles. The highest BCUT2D eigenvalue weighted by atomic mass is 35.5. The van der Waals surface area contributed by atoms with Gasteiger partial charge in [-0.05, 0) is 18.2 Å². The van der Waals surface area contributed by atoms with Gasteiger partial charge in [0, 0.05) is 26.3 Å². The van der Waals surface area contributed by atoms with Gasteiger partial charge in [-0.1, -0.05) is 42.8 Å². The molecule has 1 aromatic carbocycles. The maximum Gasteiger partial charge on any atom is 0.235 e. The molecule has 122 valence electrons. The van der Waals surface area contributed by atoms with E-state index in [4.69, 9.17) is 32.7 Å². The molecule has 0 spiro atoms. The highest BCUT2D eigenvalue weighted by Crippen LogP contribution is 2.34. The van der Waals surface area contributed by atoms with Crippen LogP contribution >= 0.6 is 23.2 Å². The second kappa shape index (κ2) is 8.52. The predicted octanol–water partition coefficient (Wildman–Crippen LogP) is 4.93. The minimum Gasteiger partial charge on any atom is -0.467 e. The lowest BCUT2D eigenvalue weighted by atomic mass is 10.2. The molecule has 22 heavy (non-hydrogen) atoms. The summed E-state index contributed by atoms with van der Waals surface area (Å²) in [5.74, 6) is 0.389. The Morgan fingerprint density at radius 1 is 1.32 bits per heavy atom. The second-order valence-electron chi connectivity index (χ2n) is 5.86. The van der Waals surface area contributed by atoms with Crippen molar-refractivity contribution in [3.63, 3.8) is 0 Å². The van der Waals surface area contributed by atoms with Gasteiger partial charge in [0.05, 0.1) is 15.0 Å². The van der Waals surface area contributed by atoms with Crippen molar-refractivity contribution in [2.75, 3.05) is 13.4 Å².